The number of methoxy groups -OCH3 is 1. The Balaban J connectivity index is 1.80. The van der Waals surface area contributed by atoms with Gasteiger partial charge < -0.3 is 9.57 Å². The normalized spacial score (nSPS) is 15.2. The first-order chi connectivity index (χ1) is 14.9. The van der Waals surface area contributed by atoms with Crippen molar-refractivity contribution in [1.29, 1.82) is 0 Å². The molecule has 1 heterocycles. The van der Waals surface area contributed by atoms with Crippen LogP contribution in [0, 0.1) is 6.92 Å². The molecule has 0 bridgehead atoms. The predicted octanol–water partition coefficient (Wildman–Crippen LogP) is 2.96. The third kappa shape index (κ3) is 6.55. The molecule has 1 fully saturated rings. The van der Waals surface area contributed by atoms with Crippen LogP contribution in [0.25, 0.3) is 0 Å². The Hall–Kier alpha value is -2.37. The van der Waals surface area contributed by atoms with Crippen LogP contribution in [0.15, 0.2) is 34.3 Å². The highest BCUT2D eigenvalue weighted by atomic mass is 32.2. The number of aromatic nitrogens is 2. The van der Waals surface area contributed by atoms with Gasteiger partial charge in [0.05, 0.1) is 10.6 Å². The van der Waals surface area contributed by atoms with E-state index in [1.54, 1.807) is 19.1 Å². The van der Waals surface area contributed by atoms with Crippen LogP contribution >= 0.6 is 11.5 Å². The number of hydrogen-bond acceptors (Lipinski definition) is 9. The first kappa shape index (κ1) is 23.3. The van der Waals surface area contributed by atoms with Gasteiger partial charge in [-0.1, -0.05) is 17.3 Å². The summed E-state index contributed by atoms with van der Waals surface area (Å²) >= 11 is 1.07. The van der Waals surface area contributed by atoms with E-state index in [-0.39, 0.29) is 22.5 Å². The van der Waals surface area contributed by atoms with Gasteiger partial charge in [0, 0.05) is 30.8 Å². The molecule has 1 saturated carbocycles. The number of ether oxygens (including phenoxy) is 1. The maximum absolute atomic E-state index is 12.9. The highest BCUT2D eigenvalue weighted by Crippen LogP contribution is 2.22. The molecular weight excluding hydrogens is 440 g/mol. The van der Waals surface area contributed by atoms with Crippen LogP contribution in [-0.2, 0) is 24.2 Å². The highest BCUT2D eigenvalue weighted by Gasteiger charge is 2.22. The third-order valence-corrected chi connectivity index (χ3v) is 7.35. The summed E-state index contributed by atoms with van der Waals surface area (Å²) in [4.78, 5) is 22.8. The van der Waals surface area contributed by atoms with Crippen LogP contribution in [0.5, 0.6) is 0 Å². The number of rotatable bonds is 10. The molecule has 3 rings (SSSR count). The fourth-order valence-corrected chi connectivity index (χ4v) is 5.04. The van der Waals surface area contributed by atoms with Gasteiger partial charge >= 0.3 is 0 Å². The lowest BCUT2D eigenvalue weighted by molar-refractivity contribution is -0.110. The molecule has 1 aliphatic carbocycles. The second kappa shape index (κ2) is 10.8. The van der Waals surface area contributed by atoms with Crippen molar-refractivity contribution in [3.8, 4) is 0 Å². The van der Waals surface area contributed by atoms with Gasteiger partial charge in [0.1, 0.15) is 11.9 Å². The monoisotopic (exact) mass is 466 g/mol. The minimum atomic E-state index is -3.43. The van der Waals surface area contributed by atoms with Crippen molar-refractivity contribution in [1.82, 2.24) is 9.36 Å². The van der Waals surface area contributed by atoms with Crippen molar-refractivity contribution >= 4 is 38.1 Å². The van der Waals surface area contributed by atoms with E-state index in [1.807, 2.05) is 0 Å². The van der Waals surface area contributed by atoms with Crippen molar-refractivity contribution in [2.45, 2.75) is 50.0 Å². The number of benzene rings is 1. The van der Waals surface area contributed by atoms with Crippen LogP contribution in [0.4, 0.5) is 5.13 Å². The zero-order valence-corrected chi connectivity index (χ0v) is 19.2. The van der Waals surface area contributed by atoms with Gasteiger partial charge in [-0.2, -0.15) is 4.37 Å². The van der Waals surface area contributed by atoms with Gasteiger partial charge in [-0.3, -0.25) is 10.1 Å². The van der Waals surface area contributed by atoms with Crippen LogP contribution in [-0.4, -0.2) is 55.0 Å². The molecule has 0 saturated heterocycles. The van der Waals surface area contributed by atoms with E-state index >= 15 is 0 Å². The fraction of sp³-hybridized carbons (Fsp3) is 0.500. The number of aryl methyl sites for hydroxylation is 1. The second-order valence-electron chi connectivity index (χ2n) is 7.24. The molecule has 1 aromatic heterocycles. The molecule has 1 aromatic carbocycles. The zero-order chi connectivity index (χ0) is 22.3. The van der Waals surface area contributed by atoms with E-state index in [0.717, 1.165) is 37.2 Å². The van der Waals surface area contributed by atoms with E-state index < -0.39 is 15.7 Å². The number of nitrogens with one attached hydrogen (secondary N) is 1. The Morgan fingerprint density at radius 1 is 1.26 bits per heavy atom. The molecule has 1 aliphatic rings. The molecule has 1 amide bonds. The van der Waals surface area contributed by atoms with Gasteiger partial charge in [0.15, 0.2) is 15.5 Å². The lowest BCUT2D eigenvalue weighted by Gasteiger charge is -2.11. The average Bonchev–Trinajstić information content (AvgIpc) is 3.40. The maximum atomic E-state index is 12.9. The standard InChI is InChI=1S/C20H26N4O5S2/c1-14-21-20(30-24-14)22-19(25)18(23-29-16-6-3-4-7-16)15-8-10-17(11-9-15)31(26,27)13-5-12-28-2/h8-11,16H,3-7,12-13H2,1-2H3,(H,21,22,24,25). The SMILES string of the molecule is COCCCS(=O)(=O)c1ccc(C(=NOC2CCCC2)C(=O)Nc2nc(C)ns2)cc1. The molecule has 9 nitrogen and oxygen atoms in total. The molecule has 0 unspecified atom stereocenters. The topological polar surface area (TPSA) is 120 Å². The zero-order valence-electron chi connectivity index (χ0n) is 17.5. The van der Waals surface area contributed by atoms with E-state index in [0.29, 0.717) is 29.5 Å². The minimum absolute atomic E-state index is 0.0111. The van der Waals surface area contributed by atoms with Gasteiger partial charge in [-0.25, -0.2) is 13.4 Å². The molecule has 0 atom stereocenters. The Labute approximate surface area is 185 Å². The molecule has 31 heavy (non-hydrogen) atoms. The number of carbonyl (C=O) groups excluding carboxylic acids is 1. The smallest absolute Gasteiger partial charge is 0.280 e. The van der Waals surface area contributed by atoms with Crippen LogP contribution < -0.4 is 5.32 Å². The lowest BCUT2D eigenvalue weighted by atomic mass is 10.1. The molecule has 168 valence electrons. The Bertz CT molecular complexity index is 1010. The van der Waals surface area contributed by atoms with E-state index in [9.17, 15) is 13.2 Å². The maximum Gasteiger partial charge on any atom is 0.280 e. The summed E-state index contributed by atoms with van der Waals surface area (Å²) in [6.07, 6.45) is 4.32. The van der Waals surface area contributed by atoms with E-state index in [1.165, 1.54) is 19.2 Å². The number of nitrogens with zero attached hydrogens (tertiary/aromatic N) is 3. The summed E-state index contributed by atoms with van der Waals surface area (Å²) in [5.41, 5.74) is 0.510. The minimum Gasteiger partial charge on any atom is -0.392 e. The number of carbonyl (C=O) groups is 1. The number of oxime groups is 1. The van der Waals surface area contributed by atoms with E-state index in [2.05, 4.69) is 19.8 Å². The van der Waals surface area contributed by atoms with Crippen molar-refractivity contribution < 1.29 is 22.8 Å². The Morgan fingerprint density at radius 3 is 2.58 bits per heavy atom. The first-order valence-electron chi connectivity index (χ1n) is 10.1. The quantitative estimate of drug-likeness (QED) is 0.325. The molecule has 0 aliphatic heterocycles. The van der Waals surface area contributed by atoms with E-state index in [4.69, 9.17) is 9.57 Å². The van der Waals surface area contributed by atoms with Gasteiger partial charge in [-0.05, 0) is 51.2 Å². The Kier molecular flexibility index (Phi) is 8.10. The number of hydrogen-bond donors (Lipinski definition) is 1. The first-order valence-corrected chi connectivity index (χ1v) is 12.5. The fourth-order valence-electron chi connectivity index (χ4n) is 3.18. The van der Waals surface area contributed by atoms with Crippen molar-refractivity contribution in [3.63, 3.8) is 0 Å². The second-order valence-corrected chi connectivity index (χ2v) is 10.1. The number of amides is 1. The summed E-state index contributed by atoms with van der Waals surface area (Å²) < 4.78 is 33.9. The molecular formula is C20H26N4O5S2. The Morgan fingerprint density at radius 2 is 1.97 bits per heavy atom. The summed E-state index contributed by atoms with van der Waals surface area (Å²) in [6.45, 7) is 2.11. The van der Waals surface area contributed by atoms with Crippen LogP contribution in [0.3, 0.4) is 0 Å². The number of anilines is 1. The van der Waals surface area contributed by atoms with Crippen molar-refractivity contribution in [3.05, 3.63) is 35.7 Å². The van der Waals surface area contributed by atoms with Crippen LogP contribution in [0.1, 0.15) is 43.5 Å². The molecule has 0 spiro atoms. The van der Waals surface area contributed by atoms with Gasteiger partial charge in [0.2, 0.25) is 5.13 Å². The predicted molar refractivity (Wildman–Crippen MR) is 118 cm³/mol. The molecule has 11 heteroatoms. The molecule has 0 radical (unpaired) electrons. The largest absolute Gasteiger partial charge is 0.392 e. The lowest BCUT2D eigenvalue weighted by Crippen LogP contribution is -2.25. The average molecular weight is 467 g/mol. The van der Waals surface area contributed by atoms with Gasteiger partial charge in [0.25, 0.3) is 5.91 Å². The van der Waals surface area contributed by atoms with Crippen molar-refractivity contribution in [2.24, 2.45) is 5.16 Å². The van der Waals surface area contributed by atoms with Gasteiger partial charge in [-0.15, -0.1) is 0 Å². The summed E-state index contributed by atoms with van der Waals surface area (Å²) in [7, 11) is -1.90. The highest BCUT2D eigenvalue weighted by molar-refractivity contribution is 7.91. The van der Waals surface area contributed by atoms with Crippen molar-refractivity contribution in [2.75, 3.05) is 24.8 Å². The summed E-state index contributed by atoms with van der Waals surface area (Å²) in [6, 6.07) is 6.08. The molecule has 1 N–H and O–H groups in total. The number of sulfone groups is 1. The summed E-state index contributed by atoms with van der Waals surface area (Å²) in [5.74, 6) is 0.0527. The summed E-state index contributed by atoms with van der Waals surface area (Å²) in [5, 5.41) is 7.16. The third-order valence-electron chi connectivity index (χ3n) is 4.81. The molecule has 2 aromatic rings. The van der Waals surface area contributed by atoms with Crippen LogP contribution in [0.2, 0.25) is 0 Å².